The molecule has 12 heavy (non-hydrogen) atoms. The van der Waals surface area contributed by atoms with Crippen LogP contribution in [0.1, 0.15) is 5.82 Å². The maximum absolute atomic E-state index is 11.5. The molecule has 2 heterocycles. The summed E-state index contributed by atoms with van der Waals surface area (Å²) in [5.74, 6) is 0.838. The van der Waals surface area contributed by atoms with Crippen molar-refractivity contribution >= 4 is 22.0 Å². The molecule has 5 heteroatoms. The van der Waals surface area contributed by atoms with Gasteiger partial charge in [0, 0.05) is 20.0 Å². The number of fused-ring (bicyclic) bond motifs is 1. The minimum atomic E-state index is -0.0133. The van der Waals surface area contributed by atoms with Crippen molar-refractivity contribution in [3.8, 4) is 0 Å². The highest BCUT2D eigenvalue weighted by Crippen LogP contribution is 2.17. The summed E-state index contributed by atoms with van der Waals surface area (Å²) in [6.45, 7) is 0.752. The third-order valence-electron chi connectivity index (χ3n) is 1.98. The van der Waals surface area contributed by atoms with Gasteiger partial charge in [0.05, 0.1) is 6.20 Å². The lowest BCUT2D eigenvalue weighted by Crippen LogP contribution is -2.38. The predicted molar refractivity (Wildman–Crippen MR) is 47.1 cm³/mol. The zero-order valence-corrected chi connectivity index (χ0v) is 8.21. The molecule has 0 saturated carbocycles. The molecule has 0 bridgehead atoms. The average molecular weight is 230 g/mol. The van der Waals surface area contributed by atoms with Crippen molar-refractivity contribution in [3.63, 3.8) is 0 Å². The van der Waals surface area contributed by atoms with E-state index in [-0.39, 0.29) is 6.03 Å². The number of amides is 1. The molecule has 4 nitrogen and oxygen atoms in total. The second-order valence-corrected chi connectivity index (χ2v) is 3.60. The number of imidazole rings is 1. The number of hydrogen-bond acceptors (Lipinski definition) is 2. The van der Waals surface area contributed by atoms with E-state index in [4.69, 9.17) is 0 Å². The van der Waals surface area contributed by atoms with Crippen LogP contribution in [0, 0.1) is 0 Å². The van der Waals surface area contributed by atoms with Crippen molar-refractivity contribution in [2.75, 3.05) is 13.6 Å². The highest BCUT2D eigenvalue weighted by molar-refractivity contribution is 9.10. The molecule has 0 saturated heterocycles. The van der Waals surface area contributed by atoms with Gasteiger partial charge in [0.15, 0.2) is 0 Å². The van der Waals surface area contributed by atoms with E-state index in [1.807, 2.05) is 0 Å². The Kier molecular flexibility index (Phi) is 1.68. The fourth-order valence-corrected chi connectivity index (χ4v) is 1.74. The summed E-state index contributed by atoms with van der Waals surface area (Å²) in [4.78, 5) is 17.3. The van der Waals surface area contributed by atoms with Gasteiger partial charge < -0.3 is 4.90 Å². The fourth-order valence-electron chi connectivity index (χ4n) is 1.28. The zero-order chi connectivity index (χ0) is 8.72. The van der Waals surface area contributed by atoms with Crippen LogP contribution in [0.25, 0.3) is 0 Å². The Morgan fingerprint density at radius 2 is 2.42 bits per heavy atom. The van der Waals surface area contributed by atoms with E-state index in [0.717, 1.165) is 23.4 Å². The first-order chi connectivity index (χ1) is 5.70. The molecule has 2 rings (SSSR count). The number of aromatic nitrogens is 2. The Morgan fingerprint density at radius 1 is 1.67 bits per heavy atom. The van der Waals surface area contributed by atoms with E-state index in [9.17, 15) is 4.79 Å². The molecular formula is C7H8BrN3O. The molecular weight excluding hydrogens is 222 g/mol. The molecule has 0 aliphatic carbocycles. The topological polar surface area (TPSA) is 38.1 Å². The molecule has 1 amide bonds. The Morgan fingerprint density at radius 3 is 3.17 bits per heavy atom. The lowest BCUT2D eigenvalue weighted by Gasteiger charge is -2.23. The SMILES string of the molecule is CN1CCc2ncc(Br)n2C1=O. The van der Waals surface area contributed by atoms with Crippen molar-refractivity contribution in [2.24, 2.45) is 0 Å². The van der Waals surface area contributed by atoms with Crippen LogP contribution in [0.2, 0.25) is 0 Å². The first kappa shape index (κ1) is 7.79. The van der Waals surface area contributed by atoms with Crippen LogP contribution in [0.5, 0.6) is 0 Å². The Bertz CT molecular complexity index is 333. The van der Waals surface area contributed by atoms with Crippen LogP contribution in [-0.2, 0) is 6.42 Å². The highest BCUT2D eigenvalue weighted by Gasteiger charge is 2.23. The number of carbonyl (C=O) groups is 1. The van der Waals surface area contributed by atoms with Crippen LogP contribution in [0.15, 0.2) is 10.8 Å². The van der Waals surface area contributed by atoms with Crippen molar-refractivity contribution < 1.29 is 4.79 Å². The van der Waals surface area contributed by atoms with Crippen molar-refractivity contribution in [3.05, 3.63) is 16.6 Å². The molecule has 1 aromatic heterocycles. The number of nitrogens with zero attached hydrogens (tertiary/aromatic N) is 3. The lowest BCUT2D eigenvalue weighted by molar-refractivity contribution is 0.203. The summed E-state index contributed by atoms with van der Waals surface area (Å²) in [6.07, 6.45) is 2.49. The van der Waals surface area contributed by atoms with Gasteiger partial charge >= 0.3 is 6.03 Å². The first-order valence-electron chi connectivity index (χ1n) is 3.68. The molecule has 0 radical (unpaired) electrons. The maximum Gasteiger partial charge on any atom is 0.330 e. The number of rotatable bonds is 0. The Labute approximate surface area is 78.3 Å². The second kappa shape index (κ2) is 2.58. The summed E-state index contributed by atoms with van der Waals surface area (Å²) < 4.78 is 2.32. The molecule has 1 aliphatic rings. The van der Waals surface area contributed by atoms with E-state index in [2.05, 4.69) is 20.9 Å². The zero-order valence-electron chi connectivity index (χ0n) is 6.62. The number of likely N-dealkylation sites (N-methyl/N-ethyl adjacent to an activating group) is 1. The van der Waals surface area contributed by atoms with Gasteiger partial charge in [-0.25, -0.2) is 14.3 Å². The van der Waals surface area contributed by atoms with Crippen LogP contribution in [-0.4, -0.2) is 34.1 Å². The third-order valence-corrected chi connectivity index (χ3v) is 2.54. The Hall–Kier alpha value is -0.840. The first-order valence-corrected chi connectivity index (χ1v) is 4.47. The van der Waals surface area contributed by atoms with Gasteiger partial charge in [-0.05, 0) is 15.9 Å². The van der Waals surface area contributed by atoms with E-state index in [1.54, 1.807) is 22.7 Å². The molecule has 0 aromatic carbocycles. The van der Waals surface area contributed by atoms with Gasteiger partial charge in [-0.15, -0.1) is 0 Å². The van der Waals surface area contributed by atoms with Crippen molar-refractivity contribution in [1.82, 2.24) is 14.5 Å². The maximum atomic E-state index is 11.5. The van der Waals surface area contributed by atoms with E-state index < -0.39 is 0 Å². The molecule has 1 aromatic rings. The smallest absolute Gasteiger partial charge is 0.327 e. The molecule has 0 unspecified atom stereocenters. The Balaban J connectivity index is 2.53. The van der Waals surface area contributed by atoms with Crippen LogP contribution < -0.4 is 0 Å². The normalized spacial score (nSPS) is 16.5. The van der Waals surface area contributed by atoms with Crippen molar-refractivity contribution in [2.45, 2.75) is 6.42 Å². The van der Waals surface area contributed by atoms with E-state index in [1.165, 1.54) is 0 Å². The largest absolute Gasteiger partial charge is 0.330 e. The predicted octanol–water partition coefficient (Wildman–Crippen LogP) is 1.10. The van der Waals surface area contributed by atoms with E-state index in [0.29, 0.717) is 0 Å². The van der Waals surface area contributed by atoms with Gasteiger partial charge in [0.2, 0.25) is 0 Å². The van der Waals surface area contributed by atoms with Gasteiger partial charge in [-0.1, -0.05) is 0 Å². The average Bonchev–Trinajstić information content (AvgIpc) is 2.41. The minimum Gasteiger partial charge on any atom is -0.327 e. The summed E-state index contributed by atoms with van der Waals surface area (Å²) in [6, 6.07) is -0.0133. The molecule has 64 valence electrons. The van der Waals surface area contributed by atoms with Gasteiger partial charge in [-0.2, -0.15) is 0 Å². The number of halogens is 1. The quantitative estimate of drug-likeness (QED) is 0.669. The molecule has 0 N–H and O–H groups in total. The van der Waals surface area contributed by atoms with Gasteiger partial charge in [0.1, 0.15) is 10.4 Å². The summed E-state index contributed by atoms with van der Waals surface area (Å²) >= 11 is 3.27. The standard InChI is InChI=1S/C7H8BrN3O/c1-10-3-2-6-9-4-5(8)11(6)7(10)12/h4H,2-3H2,1H3. The molecule has 0 spiro atoms. The summed E-state index contributed by atoms with van der Waals surface area (Å²) in [5.41, 5.74) is 0. The number of hydrogen-bond donors (Lipinski definition) is 0. The lowest BCUT2D eigenvalue weighted by atomic mass is 10.3. The van der Waals surface area contributed by atoms with Gasteiger partial charge in [-0.3, -0.25) is 0 Å². The van der Waals surface area contributed by atoms with Crippen LogP contribution >= 0.6 is 15.9 Å². The number of carbonyl (C=O) groups excluding carboxylic acids is 1. The minimum absolute atomic E-state index is 0.0133. The highest BCUT2D eigenvalue weighted by atomic mass is 79.9. The second-order valence-electron chi connectivity index (χ2n) is 2.79. The monoisotopic (exact) mass is 229 g/mol. The summed E-state index contributed by atoms with van der Waals surface area (Å²) in [7, 11) is 1.79. The van der Waals surface area contributed by atoms with Crippen LogP contribution in [0.3, 0.4) is 0 Å². The molecule has 0 atom stereocenters. The molecule has 1 aliphatic heterocycles. The molecule has 0 fully saturated rings. The fraction of sp³-hybridized carbons (Fsp3) is 0.429. The van der Waals surface area contributed by atoms with Crippen LogP contribution in [0.4, 0.5) is 4.79 Å². The van der Waals surface area contributed by atoms with Gasteiger partial charge in [0.25, 0.3) is 0 Å². The van der Waals surface area contributed by atoms with Crippen molar-refractivity contribution in [1.29, 1.82) is 0 Å². The summed E-state index contributed by atoms with van der Waals surface area (Å²) in [5, 5.41) is 0. The van der Waals surface area contributed by atoms with E-state index >= 15 is 0 Å². The third kappa shape index (κ3) is 0.964.